The molecule has 7 rings (SSSR count). The van der Waals surface area contributed by atoms with Crippen molar-refractivity contribution < 1.29 is 49.0 Å². The number of aliphatic hydroxyl groups excluding tert-OH is 1. The van der Waals surface area contributed by atoms with Gasteiger partial charge in [-0.1, -0.05) is 0 Å². The lowest BCUT2D eigenvalue weighted by molar-refractivity contribution is -0.196. The number of hydrogen-bond acceptors (Lipinski definition) is 10. The van der Waals surface area contributed by atoms with Crippen molar-refractivity contribution in [1.29, 1.82) is 0 Å². The van der Waals surface area contributed by atoms with E-state index in [0.29, 0.717) is 0 Å². The van der Waals surface area contributed by atoms with Gasteiger partial charge in [0.15, 0.2) is 17.7 Å². The first-order valence-corrected chi connectivity index (χ1v) is 10.4. The molecule has 10 heteroatoms. The molecule has 4 heterocycles. The molecule has 4 aliphatic heterocycles. The number of hydrogen-bond donors (Lipinski definition) is 4. The van der Waals surface area contributed by atoms with E-state index in [1.165, 1.54) is 6.92 Å². The molecule has 0 saturated carbocycles. The van der Waals surface area contributed by atoms with Crippen LogP contribution in [0.15, 0.2) is 11.1 Å². The number of rotatable bonds is 0. The van der Waals surface area contributed by atoms with Crippen molar-refractivity contribution >= 4 is 17.5 Å². The van der Waals surface area contributed by atoms with Crippen LogP contribution < -0.4 is 0 Å². The highest BCUT2D eigenvalue weighted by Gasteiger charge is 2.61. The number of aromatic hydroxyl groups is 2. The highest BCUT2D eigenvalue weighted by atomic mass is 16.6. The normalized spacial score (nSPS) is 39.4. The average molecular weight is 444 g/mol. The smallest absolute Gasteiger partial charge is 0.309 e. The molecule has 0 radical (unpaired) electrons. The number of carbonyl (C=O) groups excluding carboxylic acids is 3. The molecular formula is C22H20O10. The van der Waals surface area contributed by atoms with Gasteiger partial charge in [-0.15, -0.1) is 0 Å². The van der Waals surface area contributed by atoms with Gasteiger partial charge in [-0.05, 0) is 13.8 Å². The number of benzene rings is 1. The van der Waals surface area contributed by atoms with Gasteiger partial charge in [-0.25, -0.2) is 0 Å². The zero-order valence-corrected chi connectivity index (χ0v) is 17.1. The highest BCUT2D eigenvalue weighted by molar-refractivity contribution is 6.30. The minimum absolute atomic E-state index is 0.0237. The number of ketones is 2. The molecule has 2 aliphatic carbocycles. The monoisotopic (exact) mass is 444 g/mol. The maximum atomic E-state index is 13.6. The third kappa shape index (κ3) is 2.11. The highest BCUT2D eigenvalue weighted by Crippen LogP contribution is 2.57. The van der Waals surface area contributed by atoms with Gasteiger partial charge in [-0.3, -0.25) is 14.4 Å². The van der Waals surface area contributed by atoms with Crippen LogP contribution in [0.1, 0.15) is 70.7 Å². The molecule has 1 aromatic rings. The van der Waals surface area contributed by atoms with Gasteiger partial charge in [0.1, 0.15) is 29.3 Å². The summed E-state index contributed by atoms with van der Waals surface area (Å²) >= 11 is 0. The number of fused-ring (bicyclic) bond motifs is 6. The number of carbonyl (C=O) groups is 3. The van der Waals surface area contributed by atoms with Crippen molar-refractivity contribution in [2.45, 2.75) is 68.9 Å². The van der Waals surface area contributed by atoms with E-state index in [4.69, 9.17) is 14.2 Å². The summed E-state index contributed by atoms with van der Waals surface area (Å²) in [7, 11) is 0. The predicted octanol–water partition coefficient (Wildman–Crippen LogP) is 0.504. The molecule has 7 atom stereocenters. The molecule has 2 saturated heterocycles. The molecular weight excluding hydrogens is 424 g/mol. The summed E-state index contributed by atoms with van der Waals surface area (Å²) in [5, 5.41) is 43.9. The Bertz CT molecular complexity index is 1180. The Morgan fingerprint density at radius 1 is 0.938 bits per heavy atom. The van der Waals surface area contributed by atoms with E-state index in [2.05, 4.69) is 0 Å². The molecule has 4 N–H and O–H groups in total. The van der Waals surface area contributed by atoms with E-state index in [1.807, 2.05) is 0 Å². The molecule has 32 heavy (non-hydrogen) atoms. The average Bonchev–Trinajstić information content (AvgIpc) is 3.08. The van der Waals surface area contributed by atoms with Crippen molar-refractivity contribution in [2.24, 2.45) is 0 Å². The Morgan fingerprint density at radius 3 is 2.31 bits per heavy atom. The Balaban J connectivity index is 1.64. The SMILES string of the molecule is CC1OC2CC(=O)OC2c2c(O)c3c(c(O)c21)C(=O)C1=C(C3=O)C2OC(C)[C@]1(O)CC2O. The number of ether oxygens (including phenoxy) is 3. The lowest BCUT2D eigenvalue weighted by atomic mass is 9.63. The number of esters is 1. The molecule has 0 spiro atoms. The van der Waals surface area contributed by atoms with Crippen molar-refractivity contribution in [3.05, 3.63) is 33.4 Å². The standard InChI is InChI=1S/C22H20O10/c1-5-10-13(21-8(30-5)3-9(24)32-21)17(26)11-12(16(10)25)19(28)15-14(18(11)27)20-7(23)4-22(15,29)6(2)31-20/h5-8,20-21,23,25-26,29H,3-4H2,1-2H3/t5?,6?,7?,8?,20?,21?,22-/m1/s1. The third-order valence-electron chi connectivity index (χ3n) is 7.36. The van der Waals surface area contributed by atoms with Gasteiger partial charge in [0, 0.05) is 28.7 Å². The van der Waals surface area contributed by atoms with E-state index in [0.717, 1.165) is 0 Å². The van der Waals surface area contributed by atoms with Crippen LogP contribution in [0.25, 0.3) is 0 Å². The van der Waals surface area contributed by atoms with Gasteiger partial charge in [-0.2, -0.15) is 0 Å². The predicted molar refractivity (Wildman–Crippen MR) is 102 cm³/mol. The second-order valence-electron chi connectivity index (χ2n) is 9.05. The fourth-order valence-corrected chi connectivity index (χ4v) is 5.91. The lowest BCUT2D eigenvalue weighted by Crippen LogP contribution is -2.64. The summed E-state index contributed by atoms with van der Waals surface area (Å²) < 4.78 is 16.7. The molecule has 6 aliphatic rings. The second kappa shape index (κ2) is 5.96. The molecule has 2 fully saturated rings. The summed E-state index contributed by atoms with van der Waals surface area (Å²) in [4.78, 5) is 39.0. The summed E-state index contributed by atoms with van der Waals surface area (Å²) in [5.74, 6) is -3.36. The first-order chi connectivity index (χ1) is 15.1. The van der Waals surface area contributed by atoms with Crippen LogP contribution in [0.3, 0.4) is 0 Å². The summed E-state index contributed by atoms with van der Waals surface area (Å²) in [5.41, 5.74) is -3.20. The zero-order valence-electron chi connectivity index (χ0n) is 17.1. The Labute approximate surface area is 181 Å². The molecule has 0 aromatic heterocycles. The van der Waals surface area contributed by atoms with Crippen molar-refractivity contribution in [1.82, 2.24) is 0 Å². The quantitative estimate of drug-likeness (QED) is 0.328. The Kier molecular flexibility index (Phi) is 3.70. The minimum Gasteiger partial charge on any atom is -0.507 e. The second-order valence-corrected chi connectivity index (χ2v) is 9.05. The van der Waals surface area contributed by atoms with Crippen molar-refractivity contribution in [2.75, 3.05) is 0 Å². The number of phenols is 2. The van der Waals surface area contributed by atoms with Crippen molar-refractivity contribution in [3.63, 3.8) is 0 Å². The van der Waals surface area contributed by atoms with E-state index >= 15 is 0 Å². The summed E-state index contributed by atoms with van der Waals surface area (Å²) in [6, 6.07) is 0. The maximum Gasteiger partial charge on any atom is 0.309 e. The van der Waals surface area contributed by atoms with Crippen LogP contribution in [0.4, 0.5) is 0 Å². The topological polar surface area (TPSA) is 160 Å². The van der Waals surface area contributed by atoms with E-state index in [1.54, 1.807) is 6.92 Å². The van der Waals surface area contributed by atoms with Crippen LogP contribution in [0.2, 0.25) is 0 Å². The van der Waals surface area contributed by atoms with E-state index in [9.17, 15) is 34.8 Å². The first kappa shape index (κ1) is 19.9. The largest absolute Gasteiger partial charge is 0.507 e. The molecule has 168 valence electrons. The Morgan fingerprint density at radius 2 is 1.59 bits per heavy atom. The maximum absolute atomic E-state index is 13.6. The number of Topliss-reactive ketones (excluding diaryl/α,β-unsaturated/α-hetero) is 2. The van der Waals surface area contributed by atoms with Crippen LogP contribution in [0.5, 0.6) is 11.5 Å². The van der Waals surface area contributed by atoms with Gasteiger partial charge in [0.05, 0.1) is 35.9 Å². The van der Waals surface area contributed by atoms with Gasteiger partial charge >= 0.3 is 5.97 Å². The zero-order chi connectivity index (χ0) is 22.9. The molecule has 0 amide bonds. The number of aliphatic hydroxyl groups is 2. The molecule has 10 nitrogen and oxygen atoms in total. The van der Waals surface area contributed by atoms with Gasteiger partial charge in [0.2, 0.25) is 0 Å². The summed E-state index contributed by atoms with van der Waals surface area (Å²) in [6.07, 6.45) is -6.07. The van der Waals surface area contributed by atoms with Crippen LogP contribution in [0, 0.1) is 0 Å². The van der Waals surface area contributed by atoms with Crippen molar-refractivity contribution in [3.8, 4) is 11.5 Å². The number of phenolic OH excluding ortho intramolecular Hbond substituents is 2. The molecule has 6 unspecified atom stereocenters. The molecule has 1 aromatic carbocycles. The van der Waals surface area contributed by atoms with E-state index in [-0.39, 0.29) is 35.1 Å². The van der Waals surface area contributed by atoms with Crippen LogP contribution >= 0.6 is 0 Å². The third-order valence-corrected chi connectivity index (χ3v) is 7.36. The molecule has 2 bridgehead atoms. The fraction of sp³-hybridized carbons (Fsp3) is 0.500. The Hall–Kier alpha value is -2.79. The van der Waals surface area contributed by atoms with Gasteiger partial charge < -0.3 is 34.6 Å². The van der Waals surface area contributed by atoms with E-state index < -0.39 is 82.4 Å². The minimum atomic E-state index is -1.93. The van der Waals surface area contributed by atoms with Crippen LogP contribution in [-0.2, 0) is 19.0 Å². The fourth-order valence-electron chi connectivity index (χ4n) is 5.91. The summed E-state index contributed by atoms with van der Waals surface area (Å²) in [6.45, 7) is 3.12. The first-order valence-electron chi connectivity index (χ1n) is 10.4. The van der Waals surface area contributed by atoms with Crippen LogP contribution in [-0.4, -0.2) is 68.0 Å². The van der Waals surface area contributed by atoms with Gasteiger partial charge in [0.25, 0.3) is 0 Å². The lowest BCUT2D eigenvalue weighted by Gasteiger charge is -2.52.